The fourth-order valence-corrected chi connectivity index (χ4v) is 2.73. The van der Waals surface area contributed by atoms with Crippen LogP contribution in [0.3, 0.4) is 0 Å². The molecule has 0 heteroatoms. The highest BCUT2D eigenvalue weighted by Gasteiger charge is 2.08. The van der Waals surface area contributed by atoms with Crippen molar-refractivity contribution in [2.75, 3.05) is 0 Å². The number of rotatable bonds is 14. The van der Waals surface area contributed by atoms with Crippen molar-refractivity contribution in [1.29, 1.82) is 0 Å². The maximum atomic E-state index is 2.42. The molecule has 0 spiro atoms. The highest BCUT2D eigenvalue weighted by molar-refractivity contribution is 4.81. The molecule has 21 heavy (non-hydrogen) atoms. The minimum absolute atomic E-state index is 0.529. The van der Waals surface area contributed by atoms with E-state index in [9.17, 15) is 0 Å². The molecule has 0 heterocycles. The molecule has 0 aromatic carbocycles. The van der Waals surface area contributed by atoms with Gasteiger partial charge in [0.25, 0.3) is 0 Å². The molecule has 0 radical (unpaired) electrons. The monoisotopic (exact) mass is 294 g/mol. The van der Waals surface area contributed by atoms with E-state index in [0.717, 1.165) is 0 Å². The Morgan fingerprint density at radius 1 is 0.571 bits per heavy atom. The van der Waals surface area contributed by atoms with Crippen LogP contribution in [0.15, 0.2) is 12.2 Å². The molecule has 0 N–H and O–H groups in total. The van der Waals surface area contributed by atoms with Crippen LogP contribution in [0.1, 0.15) is 118 Å². The molecular weight excluding hydrogens is 252 g/mol. The summed E-state index contributed by atoms with van der Waals surface area (Å²) in [6.07, 6.45) is 24.4. The Labute approximate surface area is 135 Å². The lowest BCUT2D eigenvalue weighted by molar-refractivity contribution is 0.356. The van der Waals surface area contributed by atoms with Gasteiger partial charge in [0.15, 0.2) is 0 Å². The van der Waals surface area contributed by atoms with Gasteiger partial charge in [-0.2, -0.15) is 0 Å². The number of unbranched alkanes of at least 4 members (excludes halogenated alkanes) is 11. The second kappa shape index (κ2) is 14.7. The third kappa shape index (κ3) is 19.7. The molecule has 0 saturated carbocycles. The first-order valence-corrected chi connectivity index (χ1v) is 9.71. The van der Waals surface area contributed by atoms with Crippen molar-refractivity contribution < 1.29 is 0 Å². The van der Waals surface area contributed by atoms with Crippen LogP contribution >= 0.6 is 0 Å². The smallest absolute Gasteiger partial charge is 0.0351 e. The van der Waals surface area contributed by atoms with E-state index in [1.807, 2.05) is 0 Å². The van der Waals surface area contributed by atoms with Crippen LogP contribution in [0.4, 0.5) is 0 Å². The zero-order valence-corrected chi connectivity index (χ0v) is 15.6. The highest BCUT2D eigenvalue weighted by Crippen LogP contribution is 2.22. The summed E-state index contributed by atoms with van der Waals surface area (Å²) in [5, 5.41) is 0. The molecule has 0 aliphatic heterocycles. The quantitative estimate of drug-likeness (QED) is 0.224. The van der Waals surface area contributed by atoms with E-state index in [4.69, 9.17) is 0 Å². The number of allylic oxidation sites excluding steroid dienone is 2. The zero-order valence-electron chi connectivity index (χ0n) is 15.6. The van der Waals surface area contributed by atoms with Gasteiger partial charge in [-0.3, -0.25) is 0 Å². The van der Waals surface area contributed by atoms with Crippen LogP contribution in [0.5, 0.6) is 0 Å². The van der Waals surface area contributed by atoms with Gasteiger partial charge >= 0.3 is 0 Å². The molecule has 0 nitrogen and oxygen atoms in total. The summed E-state index contributed by atoms with van der Waals surface area (Å²) in [4.78, 5) is 0. The molecule has 0 aromatic heterocycles. The molecule has 0 amide bonds. The molecule has 0 aliphatic rings. The van der Waals surface area contributed by atoms with E-state index in [0.29, 0.717) is 5.41 Å². The average Bonchev–Trinajstić information content (AvgIpc) is 2.42. The standard InChI is InChI=1S/C21H42/c1-5-6-7-8-9-10-11-12-13-14-15-16-17-18-19-20-21(2,3)4/h11-12H,5-10,13-20H2,1-4H3/b12-11-. The summed E-state index contributed by atoms with van der Waals surface area (Å²) >= 11 is 0. The summed E-state index contributed by atoms with van der Waals surface area (Å²) in [5.41, 5.74) is 0.529. The Hall–Kier alpha value is -0.260. The molecule has 0 rings (SSSR count). The van der Waals surface area contributed by atoms with Gasteiger partial charge < -0.3 is 0 Å². The van der Waals surface area contributed by atoms with Crippen LogP contribution < -0.4 is 0 Å². The first-order valence-electron chi connectivity index (χ1n) is 9.71. The van der Waals surface area contributed by atoms with E-state index in [2.05, 4.69) is 39.8 Å². The van der Waals surface area contributed by atoms with Crippen LogP contribution in [0, 0.1) is 5.41 Å². The van der Waals surface area contributed by atoms with Gasteiger partial charge in [0, 0.05) is 0 Å². The Bertz CT molecular complexity index is 219. The lowest BCUT2D eigenvalue weighted by atomic mass is 9.89. The van der Waals surface area contributed by atoms with Gasteiger partial charge in [0.2, 0.25) is 0 Å². The maximum absolute atomic E-state index is 2.42. The average molecular weight is 295 g/mol. The fraction of sp³-hybridized carbons (Fsp3) is 0.905. The number of hydrogen-bond donors (Lipinski definition) is 0. The molecule has 0 aliphatic carbocycles. The Morgan fingerprint density at radius 3 is 1.48 bits per heavy atom. The first-order chi connectivity index (χ1) is 10.1. The number of hydrogen-bond acceptors (Lipinski definition) is 0. The Kier molecular flexibility index (Phi) is 14.5. The van der Waals surface area contributed by atoms with Crippen LogP contribution in [0.2, 0.25) is 0 Å². The largest absolute Gasteiger partial charge is 0.0885 e. The maximum Gasteiger partial charge on any atom is -0.0351 e. The van der Waals surface area contributed by atoms with Crippen molar-refractivity contribution in [3.8, 4) is 0 Å². The summed E-state index contributed by atoms with van der Waals surface area (Å²) in [7, 11) is 0. The molecule has 0 fully saturated rings. The van der Waals surface area contributed by atoms with Crippen LogP contribution in [-0.4, -0.2) is 0 Å². The van der Waals surface area contributed by atoms with Crippen molar-refractivity contribution in [2.24, 2.45) is 5.41 Å². The summed E-state index contributed by atoms with van der Waals surface area (Å²) in [6.45, 7) is 9.33. The molecule has 0 aromatic rings. The third-order valence-corrected chi connectivity index (χ3v) is 4.19. The molecular formula is C21H42. The summed E-state index contributed by atoms with van der Waals surface area (Å²) < 4.78 is 0. The summed E-state index contributed by atoms with van der Waals surface area (Å²) in [6, 6.07) is 0. The van der Waals surface area contributed by atoms with E-state index in [1.54, 1.807) is 0 Å². The summed E-state index contributed by atoms with van der Waals surface area (Å²) in [5.74, 6) is 0. The van der Waals surface area contributed by atoms with Crippen molar-refractivity contribution in [2.45, 2.75) is 118 Å². The molecule has 0 bridgehead atoms. The topological polar surface area (TPSA) is 0 Å². The SMILES string of the molecule is CCCCCCC/C=C\CCCCCCCCC(C)(C)C. The van der Waals surface area contributed by atoms with Crippen molar-refractivity contribution in [3.63, 3.8) is 0 Å². The molecule has 0 unspecified atom stereocenters. The van der Waals surface area contributed by atoms with Gasteiger partial charge in [-0.1, -0.05) is 97.6 Å². The van der Waals surface area contributed by atoms with Crippen molar-refractivity contribution in [1.82, 2.24) is 0 Å². The van der Waals surface area contributed by atoms with Crippen LogP contribution in [-0.2, 0) is 0 Å². The van der Waals surface area contributed by atoms with Gasteiger partial charge in [-0.15, -0.1) is 0 Å². The zero-order chi connectivity index (χ0) is 15.8. The van der Waals surface area contributed by atoms with E-state index < -0.39 is 0 Å². The highest BCUT2D eigenvalue weighted by atomic mass is 14.1. The van der Waals surface area contributed by atoms with E-state index in [1.165, 1.54) is 89.9 Å². The Morgan fingerprint density at radius 2 is 1.00 bits per heavy atom. The van der Waals surface area contributed by atoms with E-state index >= 15 is 0 Å². The first kappa shape index (κ1) is 20.7. The lowest BCUT2D eigenvalue weighted by Crippen LogP contribution is -2.03. The van der Waals surface area contributed by atoms with Gasteiger partial charge in [0.1, 0.15) is 0 Å². The predicted molar refractivity (Wildman–Crippen MR) is 98.9 cm³/mol. The molecule has 126 valence electrons. The Balaban J connectivity index is 3.11. The van der Waals surface area contributed by atoms with Crippen molar-refractivity contribution in [3.05, 3.63) is 12.2 Å². The van der Waals surface area contributed by atoms with Crippen LogP contribution in [0.25, 0.3) is 0 Å². The van der Waals surface area contributed by atoms with E-state index in [-0.39, 0.29) is 0 Å². The lowest BCUT2D eigenvalue weighted by Gasteiger charge is -2.17. The fourth-order valence-electron chi connectivity index (χ4n) is 2.73. The third-order valence-electron chi connectivity index (χ3n) is 4.19. The molecule has 0 atom stereocenters. The predicted octanol–water partition coefficient (Wildman–Crippen LogP) is 8.07. The second-order valence-electron chi connectivity index (χ2n) is 7.89. The molecule has 0 saturated heterocycles. The second-order valence-corrected chi connectivity index (χ2v) is 7.89. The minimum atomic E-state index is 0.529. The minimum Gasteiger partial charge on any atom is -0.0885 e. The van der Waals surface area contributed by atoms with Gasteiger partial charge in [0.05, 0.1) is 0 Å². The normalized spacial score (nSPS) is 12.4. The van der Waals surface area contributed by atoms with Crippen molar-refractivity contribution >= 4 is 0 Å². The van der Waals surface area contributed by atoms with Gasteiger partial charge in [-0.05, 0) is 37.5 Å². The van der Waals surface area contributed by atoms with Gasteiger partial charge in [-0.25, -0.2) is 0 Å².